The van der Waals surface area contributed by atoms with Gasteiger partial charge in [-0.25, -0.2) is 4.98 Å². The van der Waals surface area contributed by atoms with Crippen molar-refractivity contribution in [2.24, 2.45) is 0 Å². The summed E-state index contributed by atoms with van der Waals surface area (Å²) < 4.78 is 0. The smallest absolute Gasteiger partial charge is 0.166 e. The van der Waals surface area contributed by atoms with E-state index in [1.165, 1.54) is 0 Å². The van der Waals surface area contributed by atoms with Crippen LogP contribution in [0.1, 0.15) is 11.4 Å². The van der Waals surface area contributed by atoms with Gasteiger partial charge in [0, 0.05) is 11.5 Å². The predicted octanol–water partition coefficient (Wildman–Crippen LogP) is 3.68. The van der Waals surface area contributed by atoms with Crippen molar-refractivity contribution in [2.75, 3.05) is 0 Å². The van der Waals surface area contributed by atoms with Gasteiger partial charge in [-0.2, -0.15) is 12.6 Å². The second kappa shape index (κ2) is 5.67. The molecule has 0 spiro atoms. The molecule has 0 bridgehead atoms. The highest BCUT2D eigenvalue weighted by Gasteiger charge is 2.04. The largest absolute Gasteiger partial charge is 0.333 e. The van der Waals surface area contributed by atoms with E-state index in [-0.39, 0.29) is 0 Å². The molecule has 0 aliphatic heterocycles. The van der Waals surface area contributed by atoms with Crippen LogP contribution in [0.3, 0.4) is 0 Å². The molecule has 96 valence electrons. The molecule has 0 unspecified atom stereocenters. The topological polar surface area (TPSA) is 41.6 Å². The number of benzene rings is 1. The number of pyridine rings is 1. The van der Waals surface area contributed by atoms with Gasteiger partial charge in [0.2, 0.25) is 0 Å². The third-order valence-electron chi connectivity index (χ3n) is 2.75. The number of imidazole rings is 1. The molecular formula is C14H13N3S2. The van der Waals surface area contributed by atoms with Crippen molar-refractivity contribution in [3.05, 3.63) is 53.9 Å². The number of nitrogens with zero attached hydrogens (tertiary/aromatic N) is 2. The molecule has 0 saturated heterocycles. The SMILES string of the molecule is SCc1cccc(CSc2nc3ccccc3[nH]2)n1. The van der Waals surface area contributed by atoms with Crippen molar-refractivity contribution in [2.45, 2.75) is 16.7 Å². The molecule has 2 heterocycles. The van der Waals surface area contributed by atoms with Gasteiger partial charge >= 0.3 is 0 Å². The molecule has 19 heavy (non-hydrogen) atoms. The zero-order valence-electron chi connectivity index (χ0n) is 10.2. The predicted molar refractivity (Wildman–Crippen MR) is 82.6 cm³/mol. The van der Waals surface area contributed by atoms with E-state index in [0.29, 0.717) is 5.75 Å². The molecule has 1 aromatic carbocycles. The normalized spacial score (nSPS) is 11.0. The van der Waals surface area contributed by atoms with Crippen molar-refractivity contribution in [3.8, 4) is 0 Å². The Morgan fingerprint density at radius 2 is 1.84 bits per heavy atom. The molecule has 0 radical (unpaired) electrons. The first kappa shape index (κ1) is 12.6. The summed E-state index contributed by atoms with van der Waals surface area (Å²) in [7, 11) is 0. The highest BCUT2D eigenvalue weighted by atomic mass is 32.2. The van der Waals surface area contributed by atoms with Crippen molar-refractivity contribution < 1.29 is 0 Å². The first-order valence-corrected chi connectivity index (χ1v) is 7.60. The summed E-state index contributed by atoms with van der Waals surface area (Å²) in [6.07, 6.45) is 0. The number of H-pyrrole nitrogens is 1. The van der Waals surface area contributed by atoms with Crippen molar-refractivity contribution in [3.63, 3.8) is 0 Å². The first-order valence-electron chi connectivity index (χ1n) is 5.98. The summed E-state index contributed by atoms with van der Waals surface area (Å²) in [5.74, 6) is 1.48. The maximum Gasteiger partial charge on any atom is 0.166 e. The molecular weight excluding hydrogens is 274 g/mol. The molecule has 3 rings (SSSR count). The molecule has 5 heteroatoms. The van der Waals surface area contributed by atoms with Crippen LogP contribution in [0.25, 0.3) is 11.0 Å². The molecule has 3 aromatic rings. The maximum atomic E-state index is 4.53. The van der Waals surface area contributed by atoms with Gasteiger partial charge in [-0.1, -0.05) is 30.0 Å². The van der Waals surface area contributed by atoms with E-state index in [1.807, 2.05) is 42.5 Å². The number of para-hydroxylation sites is 2. The molecule has 0 amide bonds. The van der Waals surface area contributed by atoms with Gasteiger partial charge < -0.3 is 4.98 Å². The van der Waals surface area contributed by atoms with Crippen LogP contribution in [-0.4, -0.2) is 15.0 Å². The monoisotopic (exact) mass is 287 g/mol. The highest BCUT2D eigenvalue weighted by molar-refractivity contribution is 7.98. The summed E-state index contributed by atoms with van der Waals surface area (Å²) >= 11 is 5.91. The van der Waals surface area contributed by atoms with Crippen molar-refractivity contribution in [1.82, 2.24) is 15.0 Å². The lowest BCUT2D eigenvalue weighted by Gasteiger charge is -2.00. The molecule has 0 atom stereocenters. The second-order valence-corrected chi connectivity index (χ2v) is 5.41. The lowest BCUT2D eigenvalue weighted by atomic mass is 10.3. The maximum absolute atomic E-state index is 4.53. The number of fused-ring (bicyclic) bond motifs is 1. The van der Waals surface area contributed by atoms with Crippen LogP contribution in [0, 0.1) is 0 Å². The minimum atomic E-state index is 0.670. The number of thioether (sulfide) groups is 1. The number of aromatic nitrogens is 3. The Kier molecular flexibility index (Phi) is 3.75. The number of thiol groups is 1. The van der Waals surface area contributed by atoms with Crippen LogP contribution < -0.4 is 0 Å². The summed E-state index contributed by atoms with van der Waals surface area (Å²) in [5.41, 5.74) is 4.13. The van der Waals surface area contributed by atoms with Crippen LogP contribution in [0.15, 0.2) is 47.6 Å². The summed E-state index contributed by atoms with van der Waals surface area (Å²) in [6.45, 7) is 0. The van der Waals surface area contributed by atoms with Crippen LogP contribution in [0.4, 0.5) is 0 Å². The van der Waals surface area contributed by atoms with Gasteiger partial charge in [0.15, 0.2) is 5.16 Å². The number of hydrogen-bond acceptors (Lipinski definition) is 4. The fourth-order valence-corrected chi connectivity index (χ4v) is 2.80. The highest BCUT2D eigenvalue weighted by Crippen LogP contribution is 2.22. The zero-order valence-corrected chi connectivity index (χ0v) is 11.9. The number of aromatic amines is 1. The van der Waals surface area contributed by atoms with Gasteiger partial charge in [-0.3, -0.25) is 4.98 Å². The fraction of sp³-hybridized carbons (Fsp3) is 0.143. The second-order valence-electron chi connectivity index (χ2n) is 4.13. The molecule has 0 aliphatic carbocycles. The van der Waals surface area contributed by atoms with Crippen LogP contribution in [0.5, 0.6) is 0 Å². The molecule has 1 N–H and O–H groups in total. The van der Waals surface area contributed by atoms with Gasteiger partial charge in [-0.15, -0.1) is 0 Å². The molecule has 0 saturated carbocycles. The Labute approximate surface area is 121 Å². The van der Waals surface area contributed by atoms with Gasteiger partial charge in [-0.05, 0) is 24.3 Å². The van der Waals surface area contributed by atoms with E-state index in [9.17, 15) is 0 Å². The third-order valence-corrected chi connectivity index (χ3v) is 3.98. The molecule has 3 nitrogen and oxygen atoms in total. The number of nitrogens with one attached hydrogen (secondary N) is 1. The third kappa shape index (κ3) is 2.93. The average Bonchev–Trinajstić information content (AvgIpc) is 2.88. The number of hydrogen-bond donors (Lipinski definition) is 2. The van der Waals surface area contributed by atoms with Crippen LogP contribution in [0.2, 0.25) is 0 Å². The molecule has 2 aromatic heterocycles. The Bertz CT molecular complexity index is 661. The van der Waals surface area contributed by atoms with E-state index in [2.05, 4.69) is 27.6 Å². The minimum absolute atomic E-state index is 0.670. The molecule has 0 fully saturated rings. The Balaban J connectivity index is 1.74. The fourth-order valence-electron chi connectivity index (χ4n) is 1.84. The summed E-state index contributed by atoms with van der Waals surface area (Å²) in [6, 6.07) is 14.1. The van der Waals surface area contributed by atoms with E-state index in [4.69, 9.17) is 0 Å². The van der Waals surface area contributed by atoms with Crippen molar-refractivity contribution in [1.29, 1.82) is 0 Å². The quantitative estimate of drug-likeness (QED) is 0.568. The van der Waals surface area contributed by atoms with Gasteiger partial charge in [0.25, 0.3) is 0 Å². The Morgan fingerprint density at radius 3 is 2.68 bits per heavy atom. The average molecular weight is 287 g/mol. The van der Waals surface area contributed by atoms with Crippen LogP contribution in [-0.2, 0) is 11.5 Å². The molecule has 0 aliphatic rings. The van der Waals surface area contributed by atoms with Gasteiger partial charge in [0.05, 0.1) is 22.4 Å². The Morgan fingerprint density at radius 1 is 1.00 bits per heavy atom. The Hall–Kier alpha value is -1.46. The summed E-state index contributed by atoms with van der Waals surface area (Å²) in [5, 5.41) is 0.930. The van der Waals surface area contributed by atoms with Gasteiger partial charge in [0.1, 0.15) is 0 Å². The standard InChI is InChI=1S/C14H13N3S2/c18-8-10-4-3-5-11(15-10)9-19-14-16-12-6-1-2-7-13(12)17-14/h1-7,18H,8-9H2,(H,16,17). The lowest BCUT2D eigenvalue weighted by molar-refractivity contribution is 1.06. The zero-order chi connectivity index (χ0) is 13.1. The number of rotatable bonds is 4. The summed E-state index contributed by atoms with van der Waals surface area (Å²) in [4.78, 5) is 12.4. The van der Waals surface area contributed by atoms with E-state index in [1.54, 1.807) is 11.8 Å². The lowest BCUT2D eigenvalue weighted by Crippen LogP contribution is -1.91. The minimum Gasteiger partial charge on any atom is -0.333 e. The van der Waals surface area contributed by atoms with Crippen molar-refractivity contribution >= 4 is 35.4 Å². The first-order chi connectivity index (χ1) is 9.35. The van der Waals surface area contributed by atoms with E-state index >= 15 is 0 Å². The van der Waals surface area contributed by atoms with E-state index in [0.717, 1.165) is 33.3 Å². The van der Waals surface area contributed by atoms with E-state index < -0.39 is 0 Å². The van der Waals surface area contributed by atoms with Crippen LogP contribution >= 0.6 is 24.4 Å².